The molecule has 4 rings (SSSR count). The van der Waals surface area contributed by atoms with E-state index in [4.69, 9.17) is 0 Å². The monoisotopic (exact) mass is 355 g/mol. The van der Waals surface area contributed by atoms with Gasteiger partial charge in [0.2, 0.25) is 5.91 Å². The molecule has 25 heavy (non-hydrogen) atoms. The Labute approximate surface area is 149 Å². The van der Waals surface area contributed by atoms with Crippen LogP contribution in [0.2, 0.25) is 0 Å². The molecule has 1 fully saturated rings. The van der Waals surface area contributed by atoms with Gasteiger partial charge in [-0.05, 0) is 49.3 Å². The van der Waals surface area contributed by atoms with E-state index in [9.17, 15) is 9.18 Å². The second-order valence-corrected chi connectivity index (χ2v) is 7.40. The number of nitrogens with zero attached hydrogens (tertiary/aromatic N) is 1. The molecule has 0 radical (unpaired) electrons. The van der Waals surface area contributed by atoms with Crippen LogP contribution in [0.4, 0.5) is 10.1 Å². The van der Waals surface area contributed by atoms with Crippen molar-refractivity contribution in [2.24, 2.45) is 11.8 Å². The molecule has 1 atom stereocenters. The number of nitrogens with one attached hydrogen (secondary N) is 2. The highest BCUT2D eigenvalue weighted by Gasteiger charge is 2.29. The Morgan fingerprint density at radius 1 is 1.32 bits per heavy atom. The molecule has 0 bridgehead atoms. The predicted molar refractivity (Wildman–Crippen MR) is 99.2 cm³/mol. The average Bonchev–Trinajstić information content (AvgIpc) is 2.98. The number of para-hydroxylation sites is 1. The predicted octanol–water partition coefficient (Wildman–Crippen LogP) is 3.90. The molecule has 128 valence electrons. The molecule has 1 aromatic heterocycles. The van der Waals surface area contributed by atoms with Crippen LogP contribution in [0.25, 0.3) is 20.8 Å². The minimum Gasteiger partial charge on any atom is -0.325 e. The molecule has 1 unspecified atom stereocenters. The number of carbonyl (C=O) groups excluding carboxylic acids is 1. The molecule has 1 aliphatic heterocycles. The maximum atomic E-state index is 13.8. The van der Waals surface area contributed by atoms with Crippen LogP contribution in [0.3, 0.4) is 0 Å². The maximum Gasteiger partial charge on any atom is 0.227 e. The topological polar surface area (TPSA) is 54.0 Å². The first kappa shape index (κ1) is 16.2. The van der Waals surface area contributed by atoms with Gasteiger partial charge in [-0.15, -0.1) is 11.3 Å². The molecule has 2 heterocycles. The van der Waals surface area contributed by atoms with Crippen molar-refractivity contribution in [2.75, 3.05) is 18.4 Å². The van der Waals surface area contributed by atoms with Gasteiger partial charge in [-0.1, -0.05) is 19.1 Å². The van der Waals surface area contributed by atoms with Crippen LogP contribution in [0.15, 0.2) is 42.5 Å². The van der Waals surface area contributed by atoms with Crippen molar-refractivity contribution < 1.29 is 9.18 Å². The zero-order chi connectivity index (χ0) is 17.4. The molecular formula is C19H18FN3OS. The summed E-state index contributed by atoms with van der Waals surface area (Å²) in [6.45, 7) is 3.66. The summed E-state index contributed by atoms with van der Waals surface area (Å²) in [6, 6.07) is 12.2. The Balaban J connectivity index is 1.67. The van der Waals surface area contributed by atoms with Crippen molar-refractivity contribution in [1.82, 2.24) is 10.3 Å². The van der Waals surface area contributed by atoms with Crippen molar-refractivity contribution in [1.29, 1.82) is 0 Å². The molecule has 3 aromatic rings. The SMILES string of the molecule is CC(C(=O)Nc1ccc(F)cc1-c1nc2ccccc2s1)C1CNC1. The smallest absolute Gasteiger partial charge is 0.227 e. The van der Waals surface area contributed by atoms with E-state index >= 15 is 0 Å². The lowest BCUT2D eigenvalue weighted by Crippen LogP contribution is -2.48. The number of benzene rings is 2. The Morgan fingerprint density at radius 3 is 2.84 bits per heavy atom. The lowest BCUT2D eigenvalue weighted by molar-refractivity contribution is -0.121. The summed E-state index contributed by atoms with van der Waals surface area (Å²) >= 11 is 1.49. The summed E-state index contributed by atoms with van der Waals surface area (Å²) in [6.07, 6.45) is 0. The first-order valence-electron chi connectivity index (χ1n) is 8.29. The Kier molecular flexibility index (Phi) is 4.23. The summed E-state index contributed by atoms with van der Waals surface area (Å²) in [7, 11) is 0. The normalized spacial score (nSPS) is 15.8. The van der Waals surface area contributed by atoms with Gasteiger partial charge in [0.1, 0.15) is 10.8 Å². The number of hydrogen-bond acceptors (Lipinski definition) is 4. The van der Waals surface area contributed by atoms with Gasteiger partial charge in [0.25, 0.3) is 0 Å². The lowest BCUT2D eigenvalue weighted by atomic mass is 9.88. The van der Waals surface area contributed by atoms with Gasteiger partial charge in [0, 0.05) is 11.5 Å². The van der Waals surface area contributed by atoms with E-state index in [-0.39, 0.29) is 17.6 Å². The van der Waals surface area contributed by atoms with Crippen LogP contribution >= 0.6 is 11.3 Å². The fourth-order valence-corrected chi connectivity index (χ4v) is 3.91. The maximum absolute atomic E-state index is 13.8. The molecule has 1 amide bonds. The number of anilines is 1. The zero-order valence-corrected chi connectivity index (χ0v) is 14.6. The highest BCUT2D eigenvalue weighted by Crippen LogP contribution is 2.35. The summed E-state index contributed by atoms with van der Waals surface area (Å²) in [5, 5.41) is 6.85. The van der Waals surface area contributed by atoms with Gasteiger partial charge in [-0.25, -0.2) is 9.37 Å². The molecule has 4 nitrogen and oxygen atoms in total. The number of aromatic nitrogens is 1. The lowest BCUT2D eigenvalue weighted by Gasteiger charge is -2.31. The fourth-order valence-electron chi connectivity index (χ4n) is 2.92. The van der Waals surface area contributed by atoms with Crippen molar-refractivity contribution in [3.8, 4) is 10.6 Å². The molecule has 0 aliphatic carbocycles. The van der Waals surface area contributed by atoms with E-state index in [1.54, 1.807) is 6.07 Å². The minimum absolute atomic E-state index is 0.0412. The number of thiazole rings is 1. The number of halogens is 1. The third-order valence-corrected chi connectivity index (χ3v) is 5.77. The molecule has 6 heteroatoms. The van der Waals surface area contributed by atoms with Crippen LogP contribution in [-0.4, -0.2) is 24.0 Å². The van der Waals surface area contributed by atoms with E-state index < -0.39 is 0 Å². The van der Waals surface area contributed by atoms with Crippen LogP contribution in [-0.2, 0) is 4.79 Å². The zero-order valence-electron chi connectivity index (χ0n) is 13.8. The Bertz CT molecular complexity index is 902. The Hall–Kier alpha value is -2.31. The first-order valence-corrected chi connectivity index (χ1v) is 9.10. The van der Waals surface area contributed by atoms with E-state index in [1.165, 1.54) is 23.5 Å². The van der Waals surface area contributed by atoms with Crippen LogP contribution in [0, 0.1) is 17.7 Å². The van der Waals surface area contributed by atoms with Crippen molar-refractivity contribution in [2.45, 2.75) is 6.92 Å². The number of rotatable bonds is 4. The van der Waals surface area contributed by atoms with E-state index in [0.717, 1.165) is 23.3 Å². The van der Waals surface area contributed by atoms with Crippen molar-refractivity contribution >= 4 is 33.1 Å². The number of carbonyl (C=O) groups is 1. The summed E-state index contributed by atoms with van der Waals surface area (Å²) in [5.41, 5.74) is 2.09. The molecule has 2 aromatic carbocycles. The van der Waals surface area contributed by atoms with Gasteiger partial charge < -0.3 is 10.6 Å². The third kappa shape index (κ3) is 3.15. The molecule has 0 spiro atoms. The van der Waals surface area contributed by atoms with Gasteiger partial charge in [0.05, 0.1) is 15.9 Å². The quantitative estimate of drug-likeness (QED) is 0.746. The summed E-state index contributed by atoms with van der Waals surface area (Å²) in [5.74, 6) is -0.121. The van der Waals surface area contributed by atoms with Crippen LogP contribution in [0.5, 0.6) is 0 Å². The van der Waals surface area contributed by atoms with Gasteiger partial charge in [-0.2, -0.15) is 0 Å². The molecule has 1 saturated heterocycles. The Morgan fingerprint density at radius 2 is 2.12 bits per heavy atom. The number of hydrogen-bond donors (Lipinski definition) is 2. The van der Waals surface area contributed by atoms with Gasteiger partial charge in [0.15, 0.2) is 0 Å². The third-order valence-electron chi connectivity index (χ3n) is 4.70. The van der Waals surface area contributed by atoms with Gasteiger partial charge in [-0.3, -0.25) is 4.79 Å². The highest BCUT2D eigenvalue weighted by molar-refractivity contribution is 7.21. The number of amides is 1. The van der Waals surface area contributed by atoms with Crippen LogP contribution in [0.1, 0.15) is 6.92 Å². The van der Waals surface area contributed by atoms with Crippen molar-refractivity contribution in [3.63, 3.8) is 0 Å². The summed E-state index contributed by atoms with van der Waals surface area (Å²) in [4.78, 5) is 17.1. The average molecular weight is 355 g/mol. The van der Waals surface area contributed by atoms with Crippen LogP contribution < -0.4 is 10.6 Å². The van der Waals surface area contributed by atoms with E-state index in [0.29, 0.717) is 22.2 Å². The van der Waals surface area contributed by atoms with Gasteiger partial charge >= 0.3 is 0 Å². The molecular weight excluding hydrogens is 337 g/mol. The van der Waals surface area contributed by atoms with Crippen molar-refractivity contribution in [3.05, 3.63) is 48.3 Å². The van der Waals surface area contributed by atoms with E-state index in [2.05, 4.69) is 15.6 Å². The largest absolute Gasteiger partial charge is 0.325 e. The standard InChI is InChI=1S/C19H18FN3OS/c1-11(12-9-21-10-12)18(24)22-15-7-6-13(20)8-14(15)19-23-16-4-2-3-5-17(16)25-19/h2-8,11-12,21H,9-10H2,1H3,(H,22,24). The van der Waals surface area contributed by atoms with E-state index in [1.807, 2.05) is 31.2 Å². The minimum atomic E-state index is -0.344. The molecule has 2 N–H and O–H groups in total. The molecule has 0 saturated carbocycles. The molecule has 1 aliphatic rings. The fraction of sp³-hybridized carbons (Fsp3) is 0.263. The highest BCUT2D eigenvalue weighted by atomic mass is 32.1. The number of fused-ring (bicyclic) bond motifs is 1. The second kappa shape index (κ2) is 6.54. The summed E-state index contributed by atoms with van der Waals surface area (Å²) < 4.78 is 14.9. The first-order chi connectivity index (χ1) is 12.1. The second-order valence-electron chi connectivity index (χ2n) is 6.37.